The van der Waals surface area contributed by atoms with Crippen LogP contribution in [0, 0.1) is 0 Å². The van der Waals surface area contributed by atoms with Crippen molar-refractivity contribution in [1.29, 1.82) is 0 Å². The summed E-state index contributed by atoms with van der Waals surface area (Å²) in [6.07, 6.45) is 74.8. The van der Waals surface area contributed by atoms with Gasteiger partial charge in [0.25, 0.3) is 0 Å². The lowest BCUT2D eigenvalue weighted by atomic mass is 10.0. The summed E-state index contributed by atoms with van der Waals surface area (Å²) in [5.74, 6) is -0.852. The van der Waals surface area contributed by atoms with Crippen molar-refractivity contribution in [1.82, 2.24) is 0 Å². The molecule has 6 heteroatoms. The SMILES string of the molecule is CCCCCC/C=C\CCCCCCCC(=O)O[C@H](COC(=O)CCCCCCCCCCCCC/C=C\CCCCCCCC)COC(=O)CCCCCCCCCCCCCCCCCCCCCCC. The maximum atomic E-state index is 12.9. The first-order valence-electron chi connectivity index (χ1n) is 32.8. The first kappa shape index (κ1) is 70.9. The fourth-order valence-electron chi connectivity index (χ4n) is 9.97. The second-order valence-electron chi connectivity index (χ2n) is 22.4. The minimum absolute atomic E-state index is 0.0695. The van der Waals surface area contributed by atoms with Gasteiger partial charge in [-0.1, -0.05) is 302 Å². The van der Waals surface area contributed by atoms with Crippen molar-refractivity contribution in [3.8, 4) is 0 Å². The summed E-state index contributed by atoms with van der Waals surface area (Å²) in [5.41, 5.74) is 0. The number of carbonyl (C=O) groups is 3. The molecule has 430 valence electrons. The van der Waals surface area contributed by atoms with E-state index in [2.05, 4.69) is 45.1 Å². The largest absolute Gasteiger partial charge is 0.462 e. The summed E-state index contributed by atoms with van der Waals surface area (Å²) < 4.78 is 16.9. The number of esters is 3. The van der Waals surface area contributed by atoms with Crippen molar-refractivity contribution in [2.45, 2.75) is 374 Å². The molecule has 0 aliphatic rings. The molecule has 0 aliphatic heterocycles. The molecular formula is C67H126O6. The average Bonchev–Trinajstić information content (AvgIpc) is 3.39. The number of ether oxygens (including phenoxy) is 3. The Labute approximate surface area is 455 Å². The van der Waals surface area contributed by atoms with E-state index < -0.39 is 6.10 Å². The molecule has 0 saturated heterocycles. The Bertz CT molecular complexity index is 1180. The van der Waals surface area contributed by atoms with Gasteiger partial charge < -0.3 is 14.2 Å². The van der Waals surface area contributed by atoms with Gasteiger partial charge in [-0.05, 0) is 70.6 Å². The number of carbonyl (C=O) groups excluding carboxylic acids is 3. The molecule has 6 nitrogen and oxygen atoms in total. The molecule has 0 radical (unpaired) electrons. The quantitative estimate of drug-likeness (QED) is 0.0261. The van der Waals surface area contributed by atoms with Crippen LogP contribution in [0.25, 0.3) is 0 Å². The van der Waals surface area contributed by atoms with Crippen molar-refractivity contribution in [3.63, 3.8) is 0 Å². The van der Waals surface area contributed by atoms with Crippen LogP contribution < -0.4 is 0 Å². The predicted molar refractivity (Wildman–Crippen MR) is 316 cm³/mol. The third-order valence-electron chi connectivity index (χ3n) is 14.9. The summed E-state index contributed by atoms with van der Waals surface area (Å²) in [5, 5.41) is 0. The van der Waals surface area contributed by atoms with E-state index in [1.807, 2.05) is 0 Å². The van der Waals surface area contributed by atoms with Crippen molar-refractivity contribution < 1.29 is 28.6 Å². The zero-order valence-corrected chi connectivity index (χ0v) is 49.4. The molecule has 0 bridgehead atoms. The van der Waals surface area contributed by atoms with Crippen LogP contribution in [0.1, 0.15) is 367 Å². The Morgan fingerprint density at radius 2 is 0.452 bits per heavy atom. The molecule has 0 amide bonds. The van der Waals surface area contributed by atoms with Gasteiger partial charge in [0.15, 0.2) is 6.10 Å². The van der Waals surface area contributed by atoms with E-state index in [1.165, 1.54) is 263 Å². The highest BCUT2D eigenvalue weighted by Crippen LogP contribution is 2.18. The maximum Gasteiger partial charge on any atom is 0.306 e. The minimum atomic E-state index is -0.773. The van der Waals surface area contributed by atoms with Crippen molar-refractivity contribution in [2.24, 2.45) is 0 Å². The maximum absolute atomic E-state index is 12.9. The highest BCUT2D eigenvalue weighted by molar-refractivity contribution is 5.71. The fourth-order valence-corrected chi connectivity index (χ4v) is 9.97. The Balaban J connectivity index is 4.24. The molecule has 0 N–H and O–H groups in total. The zero-order valence-electron chi connectivity index (χ0n) is 49.4. The van der Waals surface area contributed by atoms with Crippen LogP contribution >= 0.6 is 0 Å². The van der Waals surface area contributed by atoms with Crippen LogP contribution in [-0.4, -0.2) is 37.2 Å². The van der Waals surface area contributed by atoms with Crippen molar-refractivity contribution >= 4 is 17.9 Å². The second kappa shape index (κ2) is 62.4. The van der Waals surface area contributed by atoms with E-state index in [-0.39, 0.29) is 31.1 Å². The summed E-state index contributed by atoms with van der Waals surface area (Å²) in [6, 6.07) is 0. The normalized spacial score (nSPS) is 12.1. The van der Waals surface area contributed by atoms with E-state index in [4.69, 9.17) is 14.2 Å². The fraction of sp³-hybridized carbons (Fsp3) is 0.896. The molecule has 73 heavy (non-hydrogen) atoms. The van der Waals surface area contributed by atoms with Gasteiger partial charge in [-0.25, -0.2) is 0 Å². The minimum Gasteiger partial charge on any atom is -0.462 e. The number of hydrogen-bond donors (Lipinski definition) is 0. The van der Waals surface area contributed by atoms with Gasteiger partial charge in [-0.2, -0.15) is 0 Å². The molecule has 0 rings (SSSR count). The van der Waals surface area contributed by atoms with Gasteiger partial charge >= 0.3 is 17.9 Å². The second-order valence-corrected chi connectivity index (χ2v) is 22.4. The predicted octanol–water partition coefficient (Wildman–Crippen LogP) is 22.2. The smallest absolute Gasteiger partial charge is 0.306 e. The van der Waals surface area contributed by atoms with Gasteiger partial charge in [0.2, 0.25) is 0 Å². The number of unbranched alkanes of at least 4 members (excludes halogenated alkanes) is 46. The van der Waals surface area contributed by atoms with Crippen LogP contribution in [-0.2, 0) is 28.6 Å². The average molecular weight is 1030 g/mol. The number of allylic oxidation sites excluding steroid dienone is 4. The van der Waals surface area contributed by atoms with E-state index >= 15 is 0 Å². The lowest BCUT2D eigenvalue weighted by molar-refractivity contribution is -0.167. The lowest BCUT2D eigenvalue weighted by Crippen LogP contribution is -2.30. The van der Waals surface area contributed by atoms with E-state index in [1.54, 1.807) is 0 Å². The molecule has 0 aromatic heterocycles. The molecular weight excluding hydrogens is 901 g/mol. The Hall–Kier alpha value is -2.11. The summed E-state index contributed by atoms with van der Waals surface area (Å²) in [4.78, 5) is 38.3. The topological polar surface area (TPSA) is 78.9 Å². The summed E-state index contributed by atoms with van der Waals surface area (Å²) in [7, 11) is 0. The molecule has 0 saturated carbocycles. The molecule has 1 atom stereocenters. The van der Waals surface area contributed by atoms with Crippen LogP contribution in [0.2, 0.25) is 0 Å². The lowest BCUT2D eigenvalue weighted by Gasteiger charge is -2.18. The van der Waals surface area contributed by atoms with Crippen molar-refractivity contribution in [2.75, 3.05) is 13.2 Å². The molecule has 0 heterocycles. The molecule has 0 spiro atoms. The van der Waals surface area contributed by atoms with Gasteiger partial charge in [-0.15, -0.1) is 0 Å². The van der Waals surface area contributed by atoms with E-state index in [0.29, 0.717) is 19.3 Å². The Morgan fingerprint density at radius 1 is 0.260 bits per heavy atom. The molecule has 0 aromatic carbocycles. The summed E-state index contributed by atoms with van der Waals surface area (Å²) >= 11 is 0. The Kier molecular flexibility index (Phi) is 60.6. The first-order valence-corrected chi connectivity index (χ1v) is 32.8. The highest BCUT2D eigenvalue weighted by atomic mass is 16.6. The van der Waals surface area contributed by atoms with Gasteiger partial charge in [-0.3, -0.25) is 14.4 Å². The van der Waals surface area contributed by atoms with Gasteiger partial charge in [0.1, 0.15) is 13.2 Å². The molecule has 0 aliphatic carbocycles. The molecule has 0 fully saturated rings. The third-order valence-corrected chi connectivity index (χ3v) is 14.9. The van der Waals surface area contributed by atoms with Crippen LogP contribution in [0.3, 0.4) is 0 Å². The zero-order chi connectivity index (χ0) is 52.9. The van der Waals surface area contributed by atoms with Gasteiger partial charge in [0, 0.05) is 19.3 Å². The summed E-state index contributed by atoms with van der Waals surface area (Å²) in [6.45, 7) is 6.68. The standard InChI is InChI=1S/C67H126O6/c1-4-7-10-13-16-19-22-25-27-29-31-33-35-37-39-42-44-47-50-53-56-59-65(68)71-62-64(73-67(70)61-58-55-52-49-46-41-24-21-18-15-12-9-6-3)63-72-66(69)60-57-54-51-48-45-43-40-38-36-34-32-30-28-26-23-20-17-14-11-8-5-2/h21,24-25,27,64H,4-20,22-23,26,28-63H2,1-3H3/b24-21-,27-25-/t64-/m1/s1. The van der Waals surface area contributed by atoms with Crippen LogP contribution in [0.15, 0.2) is 24.3 Å². The molecule has 0 unspecified atom stereocenters. The number of rotatable bonds is 61. The monoisotopic (exact) mass is 1030 g/mol. The van der Waals surface area contributed by atoms with Crippen molar-refractivity contribution in [3.05, 3.63) is 24.3 Å². The van der Waals surface area contributed by atoms with Crippen LogP contribution in [0.4, 0.5) is 0 Å². The Morgan fingerprint density at radius 3 is 0.699 bits per heavy atom. The molecule has 0 aromatic rings. The van der Waals surface area contributed by atoms with Gasteiger partial charge in [0.05, 0.1) is 0 Å². The third kappa shape index (κ3) is 60.6. The van der Waals surface area contributed by atoms with Crippen LogP contribution in [0.5, 0.6) is 0 Å². The van der Waals surface area contributed by atoms with E-state index in [0.717, 1.165) is 64.2 Å². The number of hydrogen-bond acceptors (Lipinski definition) is 6. The first-order chi connectivity index (χ1) is 36.0. The van der Waals surface area contributed by atoms with E-state index in [9.17, 15) is 14.4 Å². The highest BCUT2D eigenvalue weighted by Gasteiger charge is 2.19.